The van der Waals surface area contributed by atoms with Crippen LogP contribution in [0.5, 0.6) is 5.75 Å². The molecule has 0 saturated carbocycles. The van der Waals surface area contributed by atoms with E-state index in [1.807, 2.05) is 4.98 Å². The van der Waals surface area contributed by atoms with Crippen LogP contribution in [0.2, 0.25) is 5.02 Å². The Kier molecular flexibility index (Phi) is 5.39. The van der Waals surface area contributed by atoms with E-state index in [1.54, 1.807) is 6.92 Å². The molecule has 0 aliphatic heterocycles. The number of nitrogens with two attached hydrogens (primary N) is 1. The van der Waals surface area contributed by atoms with Crippen molar-refractivity contribution in [3.05, 3.63) is 43.1 Å². The lowest BCUT2D eigenvalue weighted by molar-refractivity contribution is 0.0695. The first-order valence-electron chi connectivity index (χ1n) is 6.83. The number of aromatic carboxylic acids is 2. The van der Waals surface area contributed by atoms with Crippen LogP contribution in [0.15, 0.2) is 21.4 Å². The minimum Gasteiger partial charge on any atom is -0.491 e. The molecular formula is C15H12BrClN2O6. The van der Waals surface area contributed by atoms with Gasteiger partial charge in [0.25, 0.3) is 5.56 Å². The van der Waals surface area contributed by atoms with Crippen LogP contribution in [-0.2, 0) is 0 Å². The third-order valence-electron chi connectivity index (χ3n) is 3.25. The molecule has 1 heterocycles. The molecule has 0 atom stereocenters. The maximum Gasteiger partial charge on any atom is 0.342 e. The van der Waals surface area contributed by atoms with Crippen molar-refractivity contribution in [3.8, 4) is 16.9 Å². The van der Waals surface area contributed by atoms with Crippen molar-refractivity contribution in [1.29, 1.82) is 0 Å². The summed E-state index contributed by atoms with van der Waals surface area (Å²) < 4.78 is 5.72. The highest BCUT2D eigenvalue weighted by molar-refractivity contribution is 9.10. The highest BCUT2D eigenvalue weighted by Crippen LogP contribution is 2.39. The van der Waals surface area contributed by atoms with E-state index in [4.69, 9.17) is 22.1 Å². The van der Waals surface area contributed by atoms with Gasteiger partial charge < -0.3 is 25.7 Å². The van der Waals surface area contributed by atoms with Crippen LogP contribution in [0.1, 0.15) is 27.6 Å². The number of benzene rings is 1. The van der Waals surface area contributed by atoms with Crippen LogP contribution in [0.4, 0.5) is 5.82 Å². The Labute approximate surface area is 154 Å². The number of nitrogens with one attached hydrogen (secondary N) is 1. The maximum absolute atomic E-state index is 12.0. The molecule has 0 saturated heterocycles. The van der Waals surface area contributed by atoms with Gasteiger partial charge in [-0.15, -0.1) is 0 Å². The molecule has 25 heavy (non-hydrogen) atoms. The average Bonchev–Trinajstić information content (AvgIpc) is 2.48. The fourth-order valence-corrected chi connectivity index (χ4v) is 3.28. The minimum atomic E-state index is -1.60. The summed E-state index contributed by atoms with van der Waals surface area (Å²) in [7, 11) is 0. The topological polar surface area (TPSA) is 143 Å². The van der Waals surface area contributed by atoms with E-state index < -0.39 is 34.4 Å². The van der Waals surface area contributed by atoms with Crippen molar-refractivity contribution >= 4 is 45.3 Å². The van der Waals surface area contributed by atoms with Gasteiger partial charge in [0.05, 0.1) is 16.1 Å². The lowest BCUT2D eigenvalue weighted by Crippen LogP contribution is -2.24. The molecule has 8 nitrogen and oxygen atoms in total. The smallest absolute Gasteiger partial charge is 0.342 e. The van der Waals surface area contributed by atoms with E-state index in [-0.39, 0.29) is 16.1 Å². The molecule has 0 amide bonds. The molecule has 0 spiro atoms. The van der Waals surface area contributed by atoms with Crippen LogP contribution in [-0.4, -0.2) is 33.7 Å². The normalized spacial score (nSPS) is 10.5. The van der Waals surface area contributed by atoms with Gasteiger partial charge in [-0.3, -0.25) is 4.79 Å². The zero-order chi connectivity index (χ0) is 18.9. The van der Waals surface area contributed by atoms with Crippen LogP contribution in [0.3, 0.4) is 0 Å². The minimum absolute atomic E-state index is 0.0907. The van der Waals surface area contributed by atoms with Crippen molar-refractivity contribution in [3.63, 3.8) is 0 Å². The van der Waals surface area contributed by atoms with Gasteiger partial charge in [0.1, 0.15) is 16.9 Å². The van der Waals surface area contributed by atoms with E-state index in [1.165, 1.54) is 12.1 Å². The number of rotatable bonds is 5. The second kappa shape index (κ2) is 7.16. The molecule has 132 valence electrons. The highest BCUT2D eigenvalue weighted by Gasteiger charge is 2.27. The molecule has 0 unspecified atom stereocenters. The van der Waals surface area contributed by atoms with Gasteiger partial charge in [-0.25, -0.2) is 9.59 Å². The van der Waals surface area contributed by atoms with Crippen LogP contribution >= 0.6 is 27.5 Å². The second-order valence-electron chi connectivity index (χ2n) is 4.81. The van der Waals surface area contributed by atoms with Gasteiger partial charge >= 0.3 is 11.9 Å². The van der Waals surface area contributed by atoms with E-state index in [9.17, 15) is 24.6 Å². The SMILES string of the molecule is CCOc1c(Cl)cc(-c2c(C(=O)O)c(N)[nH]c(=O)c2C(=O)O)cc1Br. The number of ether oxygens (including phenoxy) is 1. The third kappa shape index (κ3) is 3.47. The standard InChI is InChI=1S/C15H12BrClN2O6/c1-2-25-11-6(16)3-5(4-7(11)17)8-9(14(21)22)12(18)19-13(20)10(8)15(23)24/h3-4H,2H2,1H3,(H,21,22)(H,23,24)(H3,18,19,20). The number of aromatic nitrogens is 1. The third-order valence-corrected chi connectivity index (χ3v) is 4.12. The van der Waals surface area contributed by atoms with Gasteiger partial charge in [0, 0.05) is 5.56 Å². The number of anilines is 1. The summed E-state index contributed by atoms with van der Waals surface area (Å²) in [6, 6.07) is 2.72. The van der Waals surface area contributed by atoms with Crippen LogP contribution < -0.4 is 16.0 Å². The second-order valence-corrected chi connectivity index (χ2v) is 6.07. The monoisotopic (exact) mass is 430 g/mol. The average molecular weight is 432 g/mol. The van der Waals surface area contributed by atoms with Crippen molar-refractivity contribution in [2.75, 3.05) is 12.3 Å². The quantitative estimate of drug-likeness (QED) is 0.570. The largest absolute Gasteiger partial charge is 0.491 e. The number of nitrogen functional groups attached to an aromatic ring is 1. The first kappa shape index (κ1) is 18.8. The summed E-state index contributed by atoms with van der Waals surface area (Å²) in [5, 5.41) is 18.9. The molecule has 5 N–H and O–H groups in total. The lowest BCUT2D eigenvalue weighted by atomic mass is 9.95. The number of halogens is 2. The number of carbonyl (C=O) groups is 2. The van der Waals surface area contributed by atoms with Crippen molar-refractivity contribution < 1.29 is 24.5 Å². The maximum atomic E-state index is 12.0. The molecule has 1 aromatic heterocycles. The molecule has 10 heteroatoms. The number of H-pyrrole nitrogens is 1. The highest BCUT2D eigenvalue weighted by atomic mass is 79.9. The summed E-state index contributed by atoms with van der Waals surface area (Å²) in [5.41, 5.74) is 3.02. The summed E-state index contributed by atoms with van der Waals surface area (Å²) in [5.74, 6) is -3.25. The number of aromatic amines is 1. The molecule has 1 aromatic carbocycles. The zero-order valence-corrected chi connectivity index (χ0v) is 15.1. The number of hydrogen-bond donors (Lipinski definition) is 4. The number of hydrogen-bond acceptors (Lipinski definition) is 5. The van der Waals surface area contributed by atoms with Gasteiger partial charge in [-0.05, 0) is 40.5 Å². The first-order chi connectivity index (χ1) is 11.7. The Bertz CT molecular complexity index is 917. The van der Waals surface area contributed by atoms with Gasteiger partial charge in [0.2, 0.25) is 0 Å². The number of pyridine rings is 1. The summed E-state index contributed by atoms with van der Waals surface area (Å²) in [6.45, 7) is 2.08. The summed E-state index contributed by atoms with van der Waals surface area (Å²) >= 11 is 9.37. The van der Waals surface area contributed by atoms with Crippen molar-refractivity contribution in [1.82, 2.24) is 4.98 Å². The first-order valence-corrected chi connectivity index (χ1v) is 8.00. The Morgan fingerprint density at radius 3 is 2.36 bits per heavy atom. The Balaban J connectivity index is 2.93. The van der Waals surface area contributed by atoms with Gasteiger partial charge in [-0.2, -0.15) is 0 Å². The fraction of sp³-hybridized carbons (Fsp3) is 0.133. The van der Waals surface area contributed by atoms with Crippen molar-refractivity contribution in [2.45, 2.75) is 6.92 Å². The molecule has 0 radical (unpaired) electrons. The molecule has 0 aliphatic rings. The lowest BCUT2D eigenvalue weighted by Gasteiger charge is -2.15. The van der Waals surface area contributed by atoms with E-state index in [2.05, 4.69) is 15.9 Å². The predicted octanol–water partition coefficient (Wildman–Crippen LogP) is 2.84. The summed E-state index contributed by atoms with van der Waals surface area (Å²) in [6.07, 6.45) is 0. The Hall–Kier alpha value is -2.52. The van der Waals surface area contributed by atoms with Gasteiger partial charge in [0.15, 0.2) is 5.75 Å². The molecule has 2 aromatic rings. The summed E-state index contributed by atoms with van der Waals surface area (Å²) in [4.78, 5) is 37.1. The Morgan fingerprint density at radius 1 is 1.28 bits per heavy atom. The predicted molar refractivity (Wildman–Crippen MR) is 94.7 cm³/mol. The molecular weight excluding hydrogens is 420 g/mol. The van der Waals surface area contributed by atoms with Gasteiger partial charge in [-0.1, -0.05) is 11.6 Å². The molecule has 2 rings (SSSR count). The van der Waals surface area contributed by atoms with Crippen LogP contribution in [0, 0.1) is 0 Å². The van der Waals surface area contributed by atoms with E-state index >= 15 is 0 Å². The van der Waals surface area contributed by atoms with E-state index in [0.717, 1.165) is 0 Å². The fourth-order valence-electron chi connectivity index (χ4n) is 2.32. The zero-order valence-electron chi connectivity index (χ0n) is 12.7. The number of carboxylic acid groups (broad SMARTS) is 2. The molecule has 0 bridgehead atoms. The molecule has 0 fully saturated rings. The van der Waals surface area contributed by atoms with E-state index in [0.29, 0.717) is 16.8 Å². The molecule has 0 aliphatic carbocycles. The number of carboxylic acids is 2. The van der Waals surface area contributed by atoms with Crippen LogP contribution in [0.25, 0.3) is 11.1 Å². The Morgan fingerprint density at radius 2 is 1.88 bits per heavy atom. The van der Waals surface area contributed by atoms with Crippen molar-refractivity contribution in [2.24, 2.45) is 0 Å².